The van der Waals surface area contributed by atoms with Crippen molar-refractivity contribution in [1.82, 2.24) is 15.1 Å². The van der Waals surface area contributed by atoms with E-state index in [9.17, 15) is 26.3 Å². The van der Waals surface area contributed by atoms with Crippen molar-refractivity contribution in [2.45, 2.75) is 43.6 Å². The Bertz CT molecular complexity index is 1150. The monoisotopic (exact) mass is 551 g/mol. The van der Waals surface area contributed by atoms with Crippen molar-refractivity contribution < 1.29 is 31.1 Å². The van der Waals surface area contributed by atoms with E-state index < -0.39 is 50.1 Å². The summed E-state index contributed by atoms with van der Waals surface area (Å²) in [4.78, 5) is 1.86. The van der Waals surface area contributed by atoms with Crippen molar-refractivity contribution >= 4 is 0 Å². The van der Waals surface area contributed by atoms with Crippen LogP contribution in [-0.4, -0.2) is 61.0 Å². The molecule has 1 saturated heterocycles. The summed E-state index contributed by atoms with van der Waals surface area (Å²) < 4.78 is 92.1. The number of rotatable bonds is 9. The lowest BCUT2D eigenvalue weighted by atomic mass is 9.97. The van der Waals surface area contributed by atoms with Crippen LogP contribution in [0.2, 0.25) is 0 Å². The highest BCUT2D eigenvalue weighted by Crippen LogP contribution is 2.40. The topological polar surface area (TPSA) is 27.7 Å². The summed E-state index contributed by atoms with van der Waals surface area (Å²) in [6.07, 6.45) is -9.75. The number of benzene rings is 3. The summed E-state index contributed by atoms with van der Waals surface area (Å²) in [5.41, 5.74) is 1.87. The zero-order chi connectivity index (χ0) is 28.0. The van der Waals surface area contributed by atoms with Gasteiger partial charge in [0.05, 0.1) is 13.2 Å². The second-order valence-corrected chi connectivity index (χ2v) is 9.60. The summed E-state index contributed by atoms with van der Waals surface area (Å²) in [6, 6.07) is 18.7. The predicted octanol–water partition coefficient (Wildman–Crippen LogP) is 6.21. The number of hydrogen-bond acceptors (Lipinski definition) is 4. The molecule has 1 aliphatic heterocycles. The van der Waals surface area contributed by atoms with Gasteiger partial charge >= 0.3 is 12.4 Å². The van der Waals surface area contributed by atoms with E-state index in [4.69, 9.17) is 4.74 Å². The van der Waals surface area contributed by atoms with E-state index in [2.05, 4.69) is 5.32 Å². The number of methoxy groups -OCH3 is 1. The van der Waals surface area contributed by atoms with Gasteiger partial charge in [0, 0.05) is 38.3 Å². The molecule has 0 spiro atoms. The highest BCUT2D eigenvalue weighted by atomic mass is 19.4. The van der Waals surface area contributed by atoms with Crippen LogP contribution in [0, 0.1) is 0 Å². The van der Waals surface area contributed by atoms with Crippen molar-refractivity contribution in [3.8, 4) is 5.75 Å². The van der Waals surface area contributed by atoms with Crippen LogP contribution in [0.3, 0.4) is 0 Å². The van der Waals surface area contributed by atoms with Crippen molar-refractivity contribution in [3.05, 3.63) is 102 Å². The predicted molar refractivity (Wildman–Crippen MR) is 137 cm³/mol. The van der Waals surface area contributed by atoms with Crippen LogP contribution < -0.4 is 10.1 Å². The molecular weight excluding hydrogens is 520 g/mol. The smallest absolute Gasteiger partial charge is 0.405 e. The zero-order valence-electron chi connectivity index (χ0n) is 21.4. The van der Waals surface area contributed by atoms with Crippen LogP contribution in [0.5, 0.6) is 5.75 Å². The standard InChI is InChI=1S/C29H31F6N3O/c1-39-25-15-9-8-14-23(25)24(17-36-16-21-10-4-2-5-11-21)37-19-26(28(30,31)32)38(27(20-37)29(33,34)35)18-22-12-6-3-7-13-22/h2-15,24,26-27,36H,16-20H2,1H3. The number of nitrogens with zero attached hydrogens (tertiary/aromatic N) is 2. The zero-order valence-corrected chi connectivity index (χ0v) is 21.4. The van der Waals surface area contributed by atoms with Crippen LogP contribution in [0.15, 0.2) is 84.9 Å². The van der Waals surface area contributed by atoms with Gasteiger partial charge in [-0.3, -0.25) is 9.80 Å². The number of nitrogens with one attached hydrogen (secondary N) is 1. The summed E-state index contributed by atoms with van der Waals surface area (Å²) in [6.45, 7) is -1.15. The average molecular weight is 552 g/mol. The minimum absolute atomic E-state index is 0.128. The SMILES string of the molecule is COc1ccccc1C(CNCc1ccccc1)N1CC(C(F)(F)F)N(Cc2ccccc2)C(C(F)(F)F)C1. The number of piperazine rings is 1. The third-order valence-corrected chi connectivity index (χ3v) is 7.03. The first-order valence-corrected chi connectivity index (χ1v) is 12.6. The molecule has 1 heterocycles. The summed E-state index contributed by atoms with van der Waals surface area (Å²) >= 11 is 0. The Hall–Kier alpha value is -3.08. The highest BCUT2D eigenvalue weighted by Gasteiger charge is 2.57. The van der Waals surface area contributed by atoms with Crippen molar-refractivity contribution in [1.29, 1.82) is 0 Å². The Labute approximate surface area is 224 Å². The van der Waals surface area contributed by atoms with E-state index in [1.54, 1.807) is 54.6 Å². The number of alkyl halides is 6. The van der Waals surface area contributed by atoms with E-state index in [1.807, 2.05) is 30.3 Å². The van der Waals surface area contributed by atoms with Gasteiger partial charge in [0.1, 0.15) is 17.8 Å². The quantitative estimate of drug-likeness (QED) is 0.321. The third-order valence-electron chi connectivity index (χ3n) is 7.03. The molecule has 1 fully saturated rings. The molecule has 3 atom stereocenters. The van der Waals surface area contributed by atoms with E-state index >= 15 is 0 Å². The molecule has 4 rings (SSSR count). The highest BCUT2D eigenvalue weighted by molar-refractivity contribution is 5.36. The molecule has 0 aliphatic carbocycles. The van der Waals surface area contributed by atoms with E-state index in [0.717, 1.165) is 5.56 Å². The van der Waals surface area contributed by atoms with E-state index in [0.29, 0.717) is 28.3 Å². The Kier molecular flexibility index (Phi) is 9.19. The molecule has 1 N–H and O–H groups in total. The number of halogens is 6. The van der Waals surface area contributed by atoms with Gasteiger partial charge in [0.15, 0.2) is 0 Å². The molecule has 3 aromatic carbocycles. The average Bonchev–Trinajstić information content (AvgIpc) is 2.91. The van der Waals surface area contributed by atoms with Crippen LogP contribution in [-0.2, 0) is 13.1 Å². The first kappa shape index (κ1) is 28.9. The molecule has 10 heteroatoms. The molecule has 210 valence electrons. The van der Waals surface area contributed by atoms with Gasteiger partial charge in [-0.25, -0.2) is 0 Å². The number of para-hydroxylation sites is 1. The molecule has 3 unspecified atom stereocenters. The first-order chi connectivity index (χ1) is 18.6. The Morgan fingerprint density at radius 3 is 1.82 bits per heavy atom. The normalized spacial score (nSPS) is 20.1. The molecule has 4 nitrogen and oxygen atoms in total. The summed E-state index contributed by atoms with van der Waals surface area (Å²) in [5.74, 6) is 0.405. The second-order valence-electron chi connectivity index (χ2n) is 9.60. The van der Waals surface area contributed by atoms with E-state index in [-0.39, 0.29) is 6.54 Å². The number of hydrogen-bond donors (Lipinski definition) is 1. The fourth-order valence-electron chi connectivity index (χ4n) is 5.12. The van der Waals surface area contributed by atoms with Gasteiger partial charge in [-0.05, 0) is 17.2 Å². The van der Waals surface area contributed by atoms with Crippen molar-refractivity contribution in [3.63, 3.8) is 0 Å². The lowest BCUT2D eigenvalue weighted by Gasteiger charge is -2.49. The van der Waals surface area contributed by atoms with Crippen molar-refractivity contribution in [2.75, 3.05) is 26.7 Å². The minimum atomic E-state index is -4.88. The fourth-order valence-corrected chi connectivity index (χ4v) is 5.12. The van der Waals surface area contributed by atoms with Gasteiger partial charge in [0.25, 0.3) is 0 Å². The van der Waals surface area contributed by atoms with Crippen LogP contribution >= 0.6 is 0 Å². The van der Waals surface area contributed by atoms with Gasteiger partial charge in [0.2, 0.25) is 0 Å². The number of ether oxygens (including phenoxy) is 1. The molecule has 0 saturated carbocycles. The maximum atomic E-state index is 14.4. The minimum Gasteiger partial charge on any atom is -0.496 e. The van der Waals surface area contributed by atoms with Gasteiger partial charge in [-0.15, -0.1) is 0 Å². The van der Waals surface area contributed by atoms with Crippen LogP contribution in [0.25, 0.3) is 0 Å². The molecule has 3 aromatic rings. The summed E-state index contributed by atoms with van der Waals surface area (Å²) in [7, 11) is 1.43. The lowest BCUT2D eigenvalue weighted by Crippen LogP contribution is -2.67. The Morgan fingerprint density at radius 2 is 1.28 bits per heavy atom. The van der Waals surface area contributed by atoms with Gasteiger partial charge in [-0.1, -0.05) is 78.9 Å². The van der Waals surface area contributed by atoms with Crippen LogP contribution in [0.1, 0.15) is 22.7 Å². The second kappa shape index (κ2) is 12.4. The molecule has 1 aliphatic rings. The Balaban J connectivity index is 1.69. The lowest BCUT2D eigenvalue weighted by molar-refractivity contribution is -0.258. The molecule has 0 amide bonds. The largest absolute Gasteiger partial charge is 0.496 e. The molecule has 0 bridgehead atoms. The molecule has 39 heavy (non-hydrogen) atoms. The van der Waals surface area contributed by atoms with Gasteiger partial charge in [-0.2, -0.15) is 26.3 Å². The van der Waals surface area contributed by atoms with Gasteiger partial charge < -0.3 is 10.1 Å². The van der Waals surface area contributed by atoms with Crippen molar-refractivity contribution in [2.24, 2.45) is 0 Å². The van der Waals surface area contributed by atoms with Crippen LogP contribution in [0.4, 0.5) is 26.3 Å². The molecule has 0 radical (unpaired) electrons. The maximum absolute atomic E-state index is 14.4. The maximum Gasteiger partial charge on any atom is 0.405 e. The fraction of sp³-hybridized carbons (Fsp3) is 0.379. The molecular formula is C29H31F6N3O. The first-order valence-electron chi connectivity index (χ1n) is 12.6. The molecule has 0 aromatic heterocycles. The third kappa shape index (κ3) is 7.32. The van der Waals surface area contributed by atoms with E-state index in [1.165, 1.54) is 12.0 Å². The Morgan fingerprint density at radius 1 is 0.769 bits per heavy atom. The summed E-state index contributed by atoms with van der Waals surface area (Å²) in [5, 5.41) is 3.23.